The van der Waals surface area contributed by atoms with E-state index < -0.39 is 26.0 Å². The number of hydrogen-bond acceptors (Lipinski definition) is 5. The van der Waals surface area contributed by atoms with Crippen LogP contribution in [0.2, 0.25) is 10.0 Å². The fraction of sp³-hybridized carbons (Fsp3) is 0.207. The molecule has 0 aromatic heterocycles. The van der Waals surface area contributed by atoms with Crippen molar-refractivity contribution in [3.63, 3.8) is 0 Å². The van der Waals surface area contributed by atoms with E-state index in [2.05, 4.69) is 10.0 Å². The Hall–Kier alpha value is -3.15. The quantitative estimate of drug-likeness (QED) is 0.243. The van der Waals surface area contributed by atoms with Crippen molar-refractivity contribution in [2.45, 2.75) is 23.5 Å². The highest BCUT2D eigenvalue weighted by Crippen LogP contribution is 2.30. The van der Waals surface area contributed by atoms with Gasteiger partial charge in [0.15, 0.2) is 0 Å². The normalized spacial score (nSPS) is 16.4. The molecule has 1 aliphatic heterocycles. The first-order chi connectivity index (χ1) is 19.5. The van der Waals surface area contributed by atoms with E-state index in [1.54, 1.807) is 30.3 Å². The van der Waals surface area contributed by atoms with Crippen LogP contribution in [0.15, 0.2) is 89.8 Å². The molecule has 41 heavy (non-hydrogen) atoms. The van der Waals surface area contributed by atoms with Gasteiger partial charge in [0, 0.05) is 39.8 Å². The number of halogens is 2. The van der Waals surface area contributed by atoms with E-state index in [0.29, 0.717) is 36.3 Å². The van der Waals surface area contributed by atoms with Crippen molar-refractivity contribution in [2.75, 3.05) is 23.1 Å². The van der Waals surface area contributed by atoms with Gasteiger partial charge in [0.2, 0.25) is 15.9 Å². The van der Waals surface area contributed by atoms with Crippen molar-refractivity contribution in [1.82, 2.24) is 4.31 Å². The summed E-state index contributed by atoms with van der Waals surface area (Å²) in [5.41, 5.74) is 1.20. The molecule has 5 rings (SSSR count). The average Bonchev–Trinajstić information content (AvgIpc) is 2.95. The lowest BCUT2D eigenvalue weighted by Crippen LogP contribution is -2.44. The van der Waals surface area contributed by atoms with E-state index in [4.69, 9.17) is 23.2 Å². The maximum absolute atomic E-state index is 13.1. The van der Waals surface area contributed by atoms with Crippen LogP contribution in [0.1, 0.15) is 18.4 Å². The minimum atomic E-state index is -3.88. The van der Waals surface area contributed by atoms with Crippen LogP contribution in [0.25, 0.3) is 10.8 Å². The Labute approximate surface area is 249 Å². The fourth-order valence-corrected chi connectivity index (χ4v) is 8.27. The zero-order valence-corrected chi connectivity index (χ0v) is 24.9. The van der Waals surface area contributed by atoms with Crippen LogP contribution in [-0.2, 0) is 30.6 Å². The van der Waals surface area contributed by atoms with Crippen molar-refractivity contribution in [1.29, 1.82) is 0 Å². The van der Waals surface area contributed by atoms with Gasteiger partial charge >= 0.3 is 0 Å². The third-order valence-electron chi connectivity index (χ3n) is 7.00. The Morgan fingerprint density at radius 1 is 0.854 bits per heavy atom. The predicted molar refractivity (Wildman–Crippen MR) is 163 cm³/mol. The first kappa shape index (κ1) is 29.3. The van der Waals surface area contributed by atoms with E-state index in [1.165, 1.54) is 28.6 Å². The molecule has 0 aliphatic carbocycles. The predicted octanol–water partition coefficient (Wildman–Crippen LogP) is 6.13. The van der Waals surface area contributed by atoms with Gasteiger partial charge in [0.1, 0.15) is 0 Å². The third kappa shape index (κ3) is 6.68. The molecule has 1 fully saturated rings. The Balaban J connectivity index is 1.24. The second-order valence-corrected chi connectivity index (χ2v) is 14.3. The summed E-state index contributed by atoms with van der Waals surface area (Å²) in [7, 11) is -7.65. The van der Waals surface area contributed by atoms with Crippen molar-refractivity contribution in [3.05, 3.63) is 101 Å². The van der Waals surface area contributed by atoms with E-state index in [-0.39, 0.29) is 33.1 Å². The summed E-state index contributed by atoms with van der Waals surface area (Å²) in [6.45, 7) is 0.322. The number of amides is 1. The summed E-state index contributed by atoms with van der Waals surface area (Å²) in [6.07, 6.45) is 1.04. The average molecular weight is 633 g/mol. The molecule has 1 heterocycles. The molecule has 1 unspecified atom stereocenters. The number of anilines is 2. The molecule has 214 valence electrons. The largest absolute Gasteiger partial charge is 0.326 e. The van der Waals surface area contributed by atoms with E-state index in [9.17, 15) is 21.6 Å². The molecule has 4 aromatic carbocycles. The molecule has 1 amide bonds. The van der Waals surface area contributed by atoms with Gasteiger partial charge in [-0.05, 0) is 60.7 Å². The second-order valence-electron chi connectivity index (χ2n) is 9.80. The highest BCUT2D eigenvalue weighted by atomic mass is 35.5. The topological polar surface area (TPSA) is 113 Å². The van der Waals surface area contributed by atoms with Gasteiger partial charge in [-0.25, -0.2) is 21.1 Å². The van der Waals surface area contributed by atoms with Crippen molar-refractivity contribution >= 4 is 71.3 Å². The number of benzene rings is 4. The SMILES string of the molecule is O=C(Nc1ccc(S(=O)(=O)Nc2cccc3ccccc23)cc1)C1CCCN(S(=O)(=O)Cc2c(Cl)cccc2Cl)C1. The highest BCUT2D eigenvalue weighted by Gasteiger charge is 2.33. The molecule has 2 N–H and O–H groups in total. The summed E-state index contributed by atoms with van der Waals surface area (Å²) in [6, 6.07) is 23.5. The van der Waals surface area contributed by atoms with Crippen molar-refractivity contribution in [3.8, 4) is 0 Å². The molecule has 0 saturated carbocycles. The fourth-order valence-electron chi connectivity index (χ4n) is 4.83. The van der Waals surface area contributed by atoms with Gasteiger partial charge < -0.3 is 5.32 Å². The first-order valence-electron chi connectivity index (χ1n) is 12.9. The standard InChI is InChI=1S/C29H27Cl2N3O5S2/c30-26-10-4-11-27(31)25(26)19-40(36,37)34-17-5-8-21(18-34)29(35)32-22-13-15-23(16-14-22)41(38,39)33-28-12-3-7-20-6-1-2-9-24(20)28/h1-4,6-7,9-16,21,33H,5,8,17-19H2,(H,32,35). The molecule has 0 radical (unpaired) electrons. The summed E-state index contributed by atoms with van der Waals surface area (Å²) in [4.78, 5) is 13.1. The molecule has 0 bridgehead atoms. The van der Waals surface area contributed by atoms with E-state index in [0.717, 1.165) is 10.8 Å². The molecule has 1 saturated heterocycles. The number of piperidine rings is 1. The van der Waals surface area contributed by atoms with Crippen LogP contribution in [0.3, 0.4) is 0 Å². The summed E-state index contributed by atoms with van der Waals surface area (Å²) < 4.78 is 56.3. The lowest BCUT2D eigenvalue weighted by Gasteiger charge is -2.31. The molecule has 0 spiro atoms. The first-order valence-corrected chi connectivity index (χ1v) is 16.7. The Morgan fingerprint density at radius 3 is 2.24 bits per heavy atom. The van der Waals surface area contributed by atoms with E-state index in [1.807, 2.05) is 30.3 Å². The molecule has 1 aliphatic rings. The molecule has 8 nitrogen and oxygen atoms in total. The van der Waals surface area contributed by atoms with Crippen molar-refractivity contribution < 1.29 is 21.6 Å². The molecular weight excluding hydrogens is 605 g/mol. The van der Waals surface area contributed by atoms with E-state index >= 15 is 0 Å². The van der Waals surface area contributed by atoms with Gasteiger partial charge in [0.25, 0.3) is 10.0 Å². The highest BCUT2D eigenvalue weighted by molar-refractivity contribution is 7.92. The number of nitrogens with one attached hydrogen (secondary N) is 2. The zero-order valence-electron chi connectivity index (χ0n) is 21.8. The van der Waals surface area contributed by atoms with Crippen LogP contribution in [0, 0.1) is 5.92 Å². The zero-order chi connectivity index (χ0) is 29.2. The van der Waals surface area contributed by atoms with Gasteiger partial charge in [-0.3, -0.25) is 9.52 Å². The summed E-state index contributed by atoms with van der Waals surface area (Å²) in [5, 5.41) is 5.01. The number of carbonyl (C=O) groups is 1. The number of sulfonamides is 2. The monoisotopic (exact) mass is 631 g/mol. The molecular formula is C29H27Cl2N3O5S2. The third-order valence-corrected chi connectivity index (χ3v) is 10.9. The number of hydrogen-bond donors (Lipinski definition) is 2. The Bertz CT molecular complexity index is 1790. The Morgan fingerprint density at radius 2 is 1.51 bits per heavy atom. The molecule has 1 atom stereocenters. The number of rotatable bonds is 8. The maximum Gasteiger partial charge on any atom is 0.261 e. The summed E-state index contributed by atoms with van der Waals surface area (Å²) in [5.74, 6) is -1.27. The number of nitrogens with zero attached hydrogens (tertiary/aromatic N) is 1. The molecule has 4 aromatic rings. The van der Waals surface area contributed by atoms with Crippen molar-refractivity contribution in [2.24, 2.45) is 5.92 Å². The molecule has 12 heteroatoms. The summed E-state index contributed by atoms with van der Waals surface area (Å²) >= 11 is 12.3. The van der Waals surface area contributed by atoms with Gasteiger partial charge in [-0.1, -0.05) is 65.7 Å². The van der Waals surface area contributed by atoms with Crippen LogP contribution in [0.4, 0.5) is 11.4 Å². The van der Waals surface area contributed by atoms with Gasteiger partial charge in [-0.2, -0.15) is 0 Å². The van der Waals surface area contributed by atoms with Gasteiger partial charge in [0.05, 0.1) is 22.3 Å². The van der Waals surface area contributed by atoms with Crippen LogP contribution >= 0.6 is 23.2 Å². The lowest BCUT2D eigenvalue weighted by molar-refractivity contribution is -0.120. The number of carbonyl (C=O) groups excluding carboxylic acids is 1. The number of fused-ring (bicyclic) bond motifs is 1. The minimum absolute atomic E-state index is 0.0254. The smallest absolute Gasteiger partial charge is 0.261 e. The van der Waals surface area contributed by atoms with Crippen LogP contribution < -0.4 is 10.0 Å². The van der Waals surface area contributed by atoms with Crippen LogP contribution in [0.5, 0.6) is 0 Å². The van der Waals surface area contributed by atoms with Gasteiger partial charge in [-0.15, -0.1) is 0 Å². The lowest BCUT2D eigenvalue weighted by atomic mass is 9.99. The minimum Gasteiger partial charge on any atom is -0.326 e. The van der Waals surface area contributed by atoms with Crippen LogP contribution in [-0.4, -0.2) is 40.1 Å². The maximum atomic E-state index is 13.1. The Kier molecular flexibility index (Phi) is 8.58. The second kappa shape index (κ2) is 12.0.